The summed E-state index contributed by atoms with van der Waals surface area (Å²) in [5.41, 5.74) is 9.09. The summed E-state index contributed by atoms with van der Waals surface area (Å²) in [4.78, 5) is 38.6. The van der Waals surface area contributed by atoms with Gasteiger partial charge in [0.15, 0.2) is 0 Å². The van der Waals surface area contributed by atoms with Crippen LogP contribution in [0.1, 0.15) is 22.3 Å². The summed E-state index contributed by atoms with van der Waals surface area (Å²) in [6.45, 7) is 0. The highest BCUT2D eigenvalue weighted by atomic mass is 16.2. The van der Waals surface area contributed by atoms with E-state index in [2.05, 4.69) is 16.6 Å². The van der Waals surface area contributed by atoms with Crippen molar-refractivity contribution in [3.05, 3.63) is 77.3 Å². The van der Waals surface area contributed by atoms with Crippen molar-refractivity contribution in [1.82, 2.24) is 0 Å². The van der Waals surface area contributed by atoms with E-state index in [0.717, 1.165) is 0 Å². The fourth-order valence-corrected chi connectivity index (χ4v) is 1.89. The Kier molecular flexibility index (Phi) is 5.68. The molecular weight excluding hydrogens is 304 g/mol. The van der Waals surface area contributed by atoms with Crippen molar-refractivity contribution in [2.45, 2.75) is 6.42 Å². The van der Waals surface area contributed by atoms with Gasteiger partial charge in [0.05, 0.1) is 6.42 Å². The third kappa shape index (κ3) is 4.44. The fraction of sp³-hybridized carbons (Fsp3) is 0.0526. The lowest BCUT2D eigenvalue weighted by Crippen LogP contribution is -2.27. The van der Waals surface area contributed by atoms with E-state index in [9.17, 15) is 14.4 Å². The van der Waals surface area contributed by atoms with E-state index in [1.807, 2.05) is 6.07 Å². The second-order valence-corrected chi connectivity index (χ2v) is 4.78. The molecule has 0 amide bonds. The maximum atomic E-state index is 12.1. The minimum Gasteiger partial charge on any atom is -0.360 e. The molecule has 0 fully saturated rings. The van der Waals surface area contributed by atoms with Crippen molar-refractivity contribution in [2.24, 2.45) is 0 Å². The van der Waals surface area contributed by atoms with Crippen molar-refractivity contribution < 1.29 is 19.2 Å². The summed E-state index contributed by atoms with van der Waals surface area (Å²) < 4.78 is 0. The lowest BCUT2D eigenvalue weighted by atomic mass is 10.0. The first kappa shape index (κ1) is 16.8. The molecule has 0 heterocycles. The lowest BCUT2D eigenvalue weighted by Gasteiger charge is -1.95. The minimum absolute atomic E-state index is 0.196. The SMILES string of the molecule is [N-]=[N+]=C(C(=O)CC(=O)C#Cc1ccccc1)C(=O)c1ccccc1. The molecule has 0 unspecified atom stereocenters. The van der Waals surface area contributed by atoms with Crippen LogP contribution in [-0.4, -0.2) is 27.9 Å². The van der Waals surface area contributed by atoms with Crippen molar-refractivity contribution in [3.8, 4) is 11.8 Å². The van der Waals surface area contributed by atoms with Crippen molar-refractivity contribution in [2.75, 3.05) is 0 Å². The first-order valence-electron chi connectivity index (χ1n) is 7.06. The van der Waals surface area contributed by atoms with Crippen molar-refractivity contribution >= 4 is 23.1 Å². The monoisotopic (exact) mass is 316 g/mol. The topological polar surface area (TPSA) is 87.6 Å². The molecule has 0 radical (unpaired) electrons. The fourth-order valence-electron chi connectivity index (χ4n) is 1.89. The van der Waals surface area contributed by atoms with E-state index in [1.54, 1.807) is 42.5 Å². The van der Waals surface area contributed by atoms with E-state index in [1.165, 1.54) is 12.1 Å². The van der Waals surface area contributed by atoms with Gasteiger partial charge in [-0.2, -0.15) is 4.79 Å². The molecule has 2 aromatic rings. The molecule has 2 rings (SSSR count). The molecule has 116 valence electrons. The van der Waals surface area contributed by atoms with Crippen LogP contribution in [0.5, 0.6) is 0 Å². The Balaban J connectivity index is 2.08. The van der Waals surface area contributed by atoms with E-state index < -0.39 is 29.5 Å². The number of hydrogen-bond donors (Lipinski definition) is 0. The maximum absolute atomic E-state index is 12.1. The largest absolute Gasteiger partial charge is 0.405 e. The van der Waals surface area contributed by atoms with Crippen LogP contribution < -0.4 is 0 Å². The zero-order valence-corrected chi connectivity index (χ0v) is 12.6. The van der Waals surface area contributed by atoms with Gasteiger partial charge in [-0.1, -0.05) is 54.5 Å². The molecule has 0 aromatic heterocycles. The molecule has 2 aromatic carbocycles. The number of nitrogens with zero attached hydrogens (tertiary/aromatic N) is 2. The average molecular weight is 316 g/mol. The number of ketones is 3. The third-order valence-electron chi connectivity index (χ3n) is 3.06. The molecule has 0 aliphatic rings. The Labute approximate surface area is 138 Å². The Morgan fingerprint density at radius 2 is 1.50 bits per heavy atom. The highest BCUT2D eigenvalue weighted by molar-refractivity contribution is 6.68. The standard InChI is InChI=1S/C19H12N2O3/c20-21-18(19(24)15-9-5-2-6-10-15)17(23)13-16(22)12-11-14-7-3-1-4-8-14/h1-10H,13H2. The van der Waals surface area contributed by atoms with Crippen LogP contribution in [0.3, 0.4) is 0 Å². The van der Waals surface area contributed by atoms with E-state index >= 15 is 0 Å². The van der Waals surface area contributed by atoms with E-state index in [4.69, 9.17) is 5.53 Å². The highest BCUT2D eigenvalue weighted by Gasteiger charge is 2.31. The Bertz CT molecular complexity index is 884. The number of Topliss-reactive ketones (excluding diaryl/α,β-unsaturated/α-hetero) is 3. The van der Waals surface area contributed by atoms with Crippen LogP contribution in [0.2, 0.25) is 0 Å². The zero-order valence-electron chi connectivity index (χ0n) is 12.6. The van der Waals surface area contributed by atoms with Gasteiger partial charge >= 0.3 is 5.71 Å². The van der Waals surface area contributed by atoms with E-state index in [0.29, 0.717) is 5.56 Å². The van der Waals surface area contributed by atoms with Gasteiger partial charge < -0.3 is 5.53 Å². The lowest BCUT2D eigenvalue weighted by molar-refractivity contribution is -0.122. The molecule has 0 atom stereocenters. The van der Waals surface area contributed by atoms with E-state index in [-0.39, 0.29) is 5.56 Å². The molecule has 0 aliphatic heterocycles. The summed E-state index contributed by atoms with van der Waals surface area (Å²) in [7, 11) is 0. The molecule has 0 bridgehead atoms. The minimum atomic E-state index is -0.876. The number of rotatable bonds is 5. The molecule has 0 N–H and O–H groups in total. The van der Waals surface area contributed by atoms with Gasteiger partial charge in [0.1, 0.15) is 0 Å². The molecule has 0 saturated carbocycles. The molecule has 24 heavy (non-hydrogen) atoms. The molecule has 0 spiro atoms. The number of benzene rings is 2. The van der Waals surface area contributed by atoms with Crippen LogP contribution in [0.15, 0.2) is 60.7 Å². The predicted molar refractivity (Wildman–Crippen MR) is 87.3 cm³/mol. The normalized spacial score (nSPS) is 9.17. The molecule has 0 saturated heterocycles. The van der Waals surface area contributed by atoms with Gasteiger partial charge in [-0.15, -0.1) is 0 Å². The summed E-state index contributed by atoms with van der Waals surface area (Å²) >= 11 is 0. The third-order valence-corrected chi connectivity index (χ3v) is 3.06. The van der Waals surface area contributed by atoms with Crippen LogP contribution in [0.25, 0.3) is 5.53 Å². The van der Waals surface area contributed by atoms with Crippen molar-refractivity contribution in [3.63, 3.8) is 0 Å². The van der Waals surface area contributed by atoms with Crippen molar-refractivity contribution in [1.29, 1.82) is 0 Å². The smallest absolute Gasteiger partial charge is 0.360 e. The van der Waals surface area contributed by atoms with Gasteiger partial charge in [-0.25, -0.2) is 0 Å². The predicted octanol–water partition coefficient (Wildman–Crippen LogP) is 2.12. The van der Waals surface area contributed by atoms with Crippen LogP contribution in [0.4, 0.5) is 0 Å². The summed E-state index contributed by atoms with van der Waals surface area (Å²) in [5, 5.41) is 0. The molecule has 5 nitrogen and oxygen atoms in total. The zero-order chi connectivity index (χ0) is 17.4. The summed E-state index contributed by atoms with van der Waals surface area (Å²) in [6.07, 6.45) is -0.627. The Hall–Kier alpha value is -3.61. The highest BCUT2D eigenvalue weighted by Crippen LogP contribution is 2.03. The number of carbonyl (C=O) groups is 3. The van der Waals surface area contributed by atoms with Gasteiger partial charge in [-0.05, 0) is 18.1 Å². The van der Waals surface area contributed by atoms with Crippen LogP contribution in [0, 0.1) is 11.8 Å². The first-order chi connectivity index (χ1) is 11.6. The summed E-state index contributed by atoms with van der Waals surface area (Å²) in [6, 6.07) is 16.7. The molecule has 5 heteroatoms. The number of hydrogen-bond acceptors (Lipinski definition) is 3. The van der Waals surface area contributed by atoms with Crippen LogP contribution in [-0.2, 0) is 9.59 Å². The first-order valence-corrected chi connectivity index (χ1v) is 7.06. The van der Waals surface area contributed by atoms with Gasteiger partial charge in [0, 0.05) is 11.1 Å². The Morgan fingerprint density at radius 1 is 0.917 bits per heavy atom. The summed E-state index contributed by atoms with van der Waals surface area (Å²) in [5.74, 6) is 2.68. The van der Waals surface area contributed by atoms with Gasteiger partial charge in [0.2, 0.25) is 5.78 Å². The maximum Gasteiger partial charge on any atom is 0.405 e. The molecular formula is C19H12N2O3. The Morgan fingerprint density at radius 3 is 2.08 bits per heavy atom. The second kappa shape index (κ2) is 8.14. The van der Waals surface area contributed by atoms with Gasteiger partial charge in [0.25, 0.3) is 11.6 Å². The second-order valence-electron chi connectivity index (χ2n) is 4.78. The quantitative estimate of drug-likeness (QED) is 0.211. The van der Waals surface area contributed by atoms with Gasteiger partial charge in [-0.3, -0.25) is 14.4 Å². The average Bonchev–Trinajstić information content (AvgIpc) is 2.62. The number of carbonyl (C=O) groups excluding carboxylic acids is 3. The molecule has 0 aliphatic carbocycles. The van der Waals surface area contributed by atoms with Crippen LogP contribution >= 0.6 is 0 Å².